The Morgan fingerprint density at radius 1 is 1.29 bits per heavy atom. The summed E-state index contributed by atoms with van der Waals surface area (Å²) in [4.78, 5) is 10.1. The van der Waals surface area contributed by atoms with E-state index in [4.69, 9.17) is 5.11 Å². The van der Waals surface area contributed by atoms with E-state index in [1.807, 2.05) is 0 Å². The standard InChI is InChI=1S/C9H16O4S/c1-2-3-7-14(12,13)8-5-4-6-9(10)11/h2H,1,3-8H2,(H,10,11). The molecular weight excluding hydrogens is 204 g/mol. The largest absolute Gasteiger partial charge is 0.481 e. The van der Waals surface area contributed by atoms with Crippen molar-refractivity contribution >= 4 is 15.8 Å². The van der Waals surface area contributed by atoms with Crippen LogP contribution in [0.1, 0.15) is 25.7 Å². The predicted molar refractivity (Wildman–Crippen MR) is 55.0 cm³/mol. The van der Waals surface area contributed by atoms with E-state index in [0.29, 0.717) is 19.3 Å². The Morgan fingerprint density at radius 3 is 2.43 bits per heavy atom. The Labute approximate surface area is 84.6 Å². The lowest BCUT2D eigenvalue weighted by molar-refractivity contribution is -0.137. The molecule has 0 heterocycles. The molecule has 0 amide bonds. The quantitative estimate of drug-likeness (QED) is 0.493. The van der Waals surface area contributed by atoms with Crippen molar-refractivity contribution in [3.8, 4) is 0 Å². The van der Waals surface area contributed by atoms with Crippen LogP contribution >= 0.6 is 0 Å². The maximum absolute atomic E-state index is 11.2. The first kappa shape index (κ1) is 13.2. The SMILES string of the molecule is C=CCCS(=O)(=O)CCCCC(=O)O. The number of hydrogen-bond acceptors (Lipinski definition) is 3. The van der Waals surface area contributed by atoms with E-state index in [2.05, 4.69) is 6.58 Å². The second-order valence-electron chi connectivity index (χ2n) is 3.08. The average Bonchev–Trinajstić information content (AvgIpc) is 2.09. The molecule has 1 N–H and O–H groups in total. The zero-order chi connectivity index (χ0) is 11.0. The van der Waals surface area contributed by atoms with Gasteiger partial charge in [-0.3, -0.25) is 4.79 Å². The molecule has 0 saturated carbocycles. The summed E-state index contributed by atoms with van der Waals surface area (Å²) in [5.74, 6) is -0.689. The van der Waals surface area contributed by atoms with Gasteiger partial charge in [-0.2, -0.15) is 0 Å². The van der Waals surface area contributed by atoms with Crippen molar-refractivity contribution in [2.75, 3.05) is 11.5 Å². The van der Waals surface area contributed by atoms with E-state index >= 15 is 0 Å². The van der Waals surface area contributed by atoms with Gasteiger partial charge in [-0.05, 0) is 19.3 Å². The van der Waals surface area contributed by atoms with Gasteiger partial charge in [-0.15, -0.1) is 6.58 Å². The molecule has 0 bridgehead atoms. The van der Waals surface area contributed by atoms with Gasteiger partial charge in [0.1, 0.15) is 0 Å². The number of aliphatic carboxylic acids is 1. The minimum Gasteiger partial charge on any atom is -0.481 e. The van der Waals surface area contributed by atoms with Crippen molar-refractivity contribution in [3.05, 3.63) is 12.7 Å². The Morgan fingerprint density at radius 2 is 1.93 bits per heavy atom. The van der Waals surface area contributed by atoms with Gasteiger partial charge in [0.25, 0.3) is 0 Å². The number of hydrogen-bond donors (Lipinski definition) is 1. The van der Waals surface area contributed by atoms with E-state index in [0.717, 1.165) is 0 Å². The third-order valence-corrected chi connectivity index (χ3v) is 3.50. The molecule has 4 nitrogen and oxygen atoms in total. The predicted octanol–water partition coefficient (Wildman–Crippen LogP) is 1.23. The Bertz CT molecular complexity index is 279. The van der Waals surface area contributed by atoms with Crippen LogP contribution in [0.5, 0.6) is 0 Å². The lowest BCUT2D eigenvalue weighted by Gasteiger charge is -2.01. The molecule has 0 atom stereocenters. The van der Waals surface area contributed by atoms with Crippen molar-refractivity contribution in [2.24, 2.45) is 0 Å². The third-order valence-electron chi connectivity index (χ3n) is 1.73. The smallest absolute Gasteiger partial charge is 0.303 e. The normalized spacial score (nSPS) is 11.1. The molecule has 0 rings (SSSR count). The zero-order valence-electron chi connectivity index (χ0n) is 8.11. The molecule has 0 unspecified atom stereocenters. The van der Waals surface area contributed by atoms with Crippen LogP contribution in [0, 0.1) is 0 Å². The maximum atomic E-state index is 11.2. The van der Waals surface area contributed by atoms with E-state index in [1.54, 1.807) is 6.08 Å². The Balaban J connectivity index is 3.66. The summed E-state index contributed by atoms with van der Waals surface area (Å²) >= 11 is 0. The number of carboxylic acid groups (broad SMARTS) is 1. The topological polar surface area (TPSA) is 71.4 Å². The van der Waals surface area contributed by atoms with Crippen molar-refractivity contribution in [3.63, 3.8) is 0 Å². The highest BCUT2D eigenvalue weighted by molar-refractivity contribution is 7.91. The number of carboxylic acids is 1. The first-order chi connectivity index (χ1) is 6.48. The molecule has 0 aromatic carbocycles. The van der Waals surface area contributed by atoms with Crippen LogP contribution in [0.4, 0.5) is 0 Å². The summed E-state index contributed by atoms with van der Waals surface area (Å²) < 4.78 is 22.5. The van der Waals surface area contributed by atoms with E-state index in [-0.39, 0.29) is 17.9 Å². The molecular formula is C9H16O4S. The second kappa shape index (κ2) is 6.59. The number of allylic oxidation sites excluding steroid dienone is 1. The van der Waals surface area contributed by atoms with E-state index in [9.17, 15) is 13.2 Å². The number of carbonyl (C=O) groups is 1. The first-order valence-electron chi connectivity index (χ1n) is 4.51. The fourth-order valence-corrected chi connectivity index (χ4v) is 2.34. The highest BCUT2D eigenvalue weighted by Gasteiger charge is 2.09. The van der Waals surface area contributed by atoms with Gasteiger partial charge >= 0.3 is 5.97 Å². The molecule has 82 valence electrons. The fraction of sp³-hybridized carbons (Fsp3) is 0.667. The average molecular weight is 220 g/mol. The van der Waals surface area contributed by atoms with Crippen LogP contribution in [-0.2, 0) is 14.6 Å². The molecule has 0 aromatic heterocycles. The van der Waals surface area contributed by atoms with Gasteiger partial charge in [0.15, 0.2) is 9.84 Å². The summed E-state index contributed by atoms with van der Waals surface area (Å²) in [7, 11) is -3.01. The fourth-order valence-electron chi connectivity index (χ4n) is 0.963. The molecule has 0 aliphatic carbocycles. The molecule has 0 saturated heterocycles. The second-order valence-corrected chi connectivity index (χ2v) is 5.38. The number of sulfone groups is 1. The van der Waals surface area contributed by atoms with Crippen molar-refractivity contribution < 1.29 is 18.3 Å². The first-order valence-corrected chi connectivity index (χ1v) is 6.33. The van der Waals surface area contributed by atoms with Gasteiger partial charge < -0.3 is 5.11 Å². The number of unbranched alkanes of at least 4 members (excludes halogenated alkanes) is 1. The molecule has 0 aliphatic heterocycles. The summed E-state index contributed by atoms with van der Waals surface area (Å²) in [6.07, 6.45) is 2.90. The van der Waals surface area contributed by atoms with Gasteiger partial charge in [-0.1, -0.05) is 6.08 Å². The van der Waals surface area contributed by atoms with Crippen LogP contribution in [0.3, 0.4) is 0 Å². The molecule has 0 spiro atoms. The van der Waals surface area contributed by atoms with Crippen molar-refractivity contribution in [2.45, 2.75) is 25.7 Å². The van der Waals surface area contributed by atoms with Crippen molar-refractivity contribution in [1.82, 2.24) is 0 Å². The Kier molecular flexibility index (Phi) is 6.19. The summed E-state index contributed by atoms with van der Waals surface area (Å²) in [6.45, 7) is 3.44. The van der Waals surface area contributed by atoms with E-state index in [1.165, 1.54) is 0 Å². The van der Waals surface area contributed by atoms with Crippen molar-refractivity contribution in [1.29, 1.82) is 0 Å². The lowest BCUT2D eigenvalue weighted by atomic mass is 10.3. The van der Waals surface area contributed by atoms with Gasteiger partial charge in [-0.25, -0.2) is 8.42 Å². The van der Waals surface area contributed by atoms with Crippen LogP contribution in [0.15, 0.2) is 12.7 Å². The Hall–Kier alpha value is -0.840. The molecule has 0 aliphatic rings. The summed E-state index contributed by atoms with van der Waals surface area (Å²) in [5, 5.41) is 8.32. The molecule has 0 radical (unpaired) electrons. The van der Waals surface area contributed by atoms with Crippen LogP contribution in [0.25, 0.3) is 0 Å². The highest BCUT2D eigenvalue weighted by atomic mass is 32.2. The molecule has 0 aromatic rings. The minimum atomic E-state index is -3.01. The van der Waals surface area contributed by atoms with Gasteiger partial charge in [0.05, 0.1) is 11.5 Å². The lowest BCUT2D eigenvalue weighted by Crippen LogP contribution is -2.11. The monoisotopic (exact) mass is 220 g/mol. The number of rotatable bonds is 8. The summed E-state index contributed by atoms with van der Waals surface area (Å²) in [6, 6.07) is 0. The van der Waals surface area contributed by atoms with Gasteiger partial charge in [0, 0.05) is 6.42 Å². The van der Waals surface area contributed by atoms with Crippen LogP contribution in [0.2, 0.25) is 0 Å². The minimum absolute atomic E-state index is 0.0387. The zero-order valence-corrected chi connectivity index (χ0v) is 8.92. The highest BCUT2D eigenvalue weighted by Crippen LogP contribution is 2.02. The third kappa shape index (κ3) is 7.79. The van der Waals surface area contributed by atoms with Gasteiger partial charge in [0.2, 0.25) is 0 Å². The van der Waals surface area contributed by atoms with Crippen LogP contribution in [-0.4, -0.2) is 31.0 Å². The van der Waals surface area contributed by atoms with E-state index < -0.39 is 15.8 Å². The molecule has 14 heavy (non-hydrogen) atoms. The molecule has 0 fully saturated rings. The summed E-state index contributed by atoms with van der Waals surface area (Å²) in [5.41, 5.74) is 0. The maximum Gasteiger partial charge on any atom is 0.303 e. The van der Waals surface area contributed by atoms with Crippen LogP contribution < -0.4 is 0 Å². The molecule has 5 heteroatoms.